The smallest absolute Gasteiger partial charge is 0.410 e. The van der Waals surface area contributed by atoms with Crippen molar-refractivity contribution in [2.24, 2.45) is 11.8 Å². The lowest BCUT2D eigenvalue weighted by atomic mass is 9.70. The molecule has 1 amide bonds. The van der Waals surface area contributed by atoms with E-state index in [1.807, 2.05) is 45.0 Å². The van der Waals surface area contributed by atoms with Crippen LogP contribution in [0.5, 0.6) is 0 Å². The summed E-state index contributed by atoms with van der Waals surface area (Å²) in [5.41, 5.74) is -0.180. The van der Waals surface area contributed by atoms with Crippen molar-refractivity contribution < 1.29 is 24.2 Å². The molecule has 6 nitrogen and oxygen atoms in total. The molecule has 1 aliphatic heterocycles. The fourth-order valence-corrected chi connectivity index (χ4v) is 4.76. The highest BCUT2D eigenvalue weighted by Gasteiger charge is 2.48. The van der Waals surface area contributed by atoms with Crippen molar-refractivity contribution >= 4 is 28.0 Å². The molecule has 2 aliphatic rings. The number of hydrogen-bond donors (Lipinski definition) is 1. The molecule has 1 aliphatic carbocycles. The van der Waals surface area contributed by atoms with Crippen LogP contribution in [0.1, 0.15) is 45.6 Å². The van der Waals surface area contributed by atoms with Crippen molar-refractivity contribution in [1.82, 2.24) is 4.90 Å². The van der Waals surface area contributed by atoms with Gasteiger partial charge >= 0.3 is 12.1 Å². The minimum absolute atomic E-state index is 0.258. The van der Waals surface area contributed by atoms with E-state index >= 15 is 0 Å². The normalized spacial score (nSPS) is 27.4. The van der Waals surface area contributed by atoms with Crippen molar-refractivity contribution in [3.8, 4) is 0 Å². The van der Waals surface area contributed by atoms with Crippen LogP contribution in [0.3, 0.4) is 0 Å². The number of carboxylic acid groups (broad SMARTS) is 1. The highest BCUT2D eigenvalue weighted by atomic mass is 79.9. The van der Waals surface area contributed by atoms with E-state index in [0.717, 1.165) is 22.9 Å². The Hall–Kier alpha value is -1.60. The molecule has 0 bridgehead atoms. The topological polar surface area (TPSA) is 76.1 Å². The van der Waals surface area contributed by atoms with E-state index in [2.05, 4.69) is 15.9 Å². The monoisotopic (exact) mass is 453 g/mol. The second-order valence-electron chi connectivity index (χ2n) is 8.84. The zero-order valence-corrected chi connectivity index (χ0v) is 18.2. The van der Waals surface area contributed by atoms with Crippen LogP contribution >= 0.6 is 15.9 Å². The Morgan fingerprint density at radius 3 is 2.64 bits per heavy atom. The van der Waals surface area contributed by atoms with Gasteiger partial charge in [-0.05, 0) is 69.6 Å². The summed E-state index contributed by atoms with van der Waals surface area (Å²) in [4.78, 5) is 25.5. The molecular weight excluding hydrogens is 426 g/mol. The van der Waals surface area contributed by atoms with Crippen LogP contribution in [-0.2, 0) is 19.9 Å². The Morgan fingerprint density at radius 2 is 2.00 bits per heavy atom. The molecule has 3 atom stereocenters. The number of benzene rings is 1. The summed E-state index contributed by atoms with van der Waals surface area (Å²) in [6.45, 7) is 6.57. The van der Waals surface area contributed by atoms with Crippen LogP contribution in [0.4, 0.5) is 4.79 Å². The van der Waals surface area contributed by atoms with Gasteiger partial charge in [0.05, 0.1) is 5.60 Å². The van der Waals surface area contributed by atoms with E-state index in [1.54, 1.807) is 4.90 Å². The summed E-state index contributed by atoms with van der Waals surface area (Å²) in [7, 11) is 0. The molecule has 2 fully saturated rings. The average Bonchev–Trinajstić information content (AvgIpc) is 3.01. The second-order valence-corrected chi connectivity index (χ2v) is 9.75. The number of carbonyl (C=O) groups is 2. The van der Waals surface area contributed by atoms with Crippen LogP contribution < -0.4 is 0 Å². The maximum absolute atomic E-state index is 12.5. The fourth-order valence-electron chi connectivity index (χ4n) is 4.37. The molecule has 1 heterocycles. The Labute approximate surface area is 174 Å². The molecule has 0 aromatic heterocycles. The van der Waals surface area contributed by atoms with Crippen molar-refractivity contribution in [2.75, 3.05) is 19.7 Å². The number of nitrogens with zero attached hydrogens (tertiary/aromatic N) is 1. The van der Waals surface area contributed by atoms with Gasteiger partial charge in [0.1, 0.15) is 12.2 Å². The van der Waals surface area contributed by atoms with E-state index < -0.39 is 17.2 Å². The Kier molecular flexibility index (Phi) is 6.05. The lowest BCUT2D eigenvalue weighted by Gasteiger charge is -2.42. The van der Waals surface area contributed by atoms with Crippen molar-refractivity contribution in [3.05, 3.63) is 34.3 Å². The molecule has 7 heteroatoms. The van der Waals surface area contributed by atoms with Crippen LogP contribution in [-0.4, -0.2) is 47.4 Å². The standard InChI is InChI=1S/C21H28BrNO5/c1-20(2,3)28-19(26)23-11-14-7-8-21(10-15(14)12-23,27-13-18(24)25)16-5-4-6-17(22)9-16/h4-6,9,14-15H,7-8,10-13H2,1-3H3,(H,24,25). The van der Waals surface area contributed by atoms with Gasteiger partial charge in [-0.3, -0.25) is 0 Å². The number of aliphatic carboxylic acids is 1. The van der Waals surface area contributed by atoms with Gasteiger partial charge < -0.3 is 19.5 Å². The summed E-state index contributed by atoms with van der Waals surface area (Å²) in [5, 5.41) is 9.17. The van der Waals surface area contributed by atoms with E-state index in [1.165, 1.54) is 0 Å². The summed E-state index contributed by atoms with van der Waals surface area (Å²) in [6, 6.07) is 7.88. The van der Waals surface area contributed by atoms with Crippen LogP contribution in [0.2, 0.25) is 0 Å². The van der Waals surface area contributed by atoms with Gasteiger partial charge in [0.2, 0.25) is 0 Å². The number of hydrogen-bond acceptors (Lipinski definition) is 4. The highest BCUT2D eigenvalue weighted by Crippen LogP contribution is 2.48. The highest BCUT2D eigenvalue weighted by molar-refractivity contribution is 9.10. The molecule has 154 valence electrons. The SMILES string of the molecule is CC(C)(C)OC(=O)N1CC2CCC(OCC(=O)O)(c3cccc(Br)c3)CC2C1. The van der Waals surface area contributed by atoms with Crippen molar-refractivity contribution in [3.63, 3.8) is 0 Å². The average molecular weight is 454 g/mol. The van der Waals surface area contributed by atoms with Gasteiger partial charge in [-0.1, -0.05) is 28.1 Å². The zero-order chi connectivity index (χ0) is 20.5. The second kappa shape index (κ2) is 8.03. The lowest BCUT2D eigenvalue weighted by Crippen LogP contribution is -2.40. The number of halogens is 1. The van der Waals surface area contributed by atoms with E-state index in [4.69, 9.17) is 14.6 Å². The Bertz CT molecular complexity index is 747. The first kappa shape index (κ1) is 21.1. The molecule has 1 saturated carbocycles. The van der Waals surface area contributed by atoms with Gasteiger partial charge in [0, 0.05) is 17.6 Å². The summed E-state index contributed by atoms with van der Waals surface area (Å²) in [6.07, 6.45) is 2.04. The molecule has 3 rings (SSSR count). The molecule has 28 heavy (non-hydrogen) atoms. The van der Waals surface area contributed by atoms with Crippen LogP contribution in [0, 0.1) is 11.8 Å². The minimum Gasteiger partial charge on any atom is -0.480 e. The van der Waals surface area contributed by atoms with E-state index in [-0.39, 0.29) is 18.6 Å². The quantitative estimate of drug-likeness (QED) is 0.730. The Balaban J connectivity index is 1.78. The van der Waals surface area contributed by atoms with Crippen molar-refractivity contribution in [2.45, 2.75) is 51.2 Å². The number of ether oxygens (including phenoxy) is 2. The van der Waals surface area contributed by atoms with Crippen molar-refractivity contribution in [1.29, 1.82) is 0 Å². The van der Waals surface area contributed by atoms with E-state index in [0.29, 0.717) is 25.4 Å². The zero-order valence-electron chi connectivity index (χ0n) is 16.6. The number of likely N-dealkylation sites (tertiary alicyclic amines) is 1. The largest absolute Gasteiger partial charge is 0.480 e. The van der Waals surface area contributed by atoms with Gasteiger partial charge in [-0.2, -0.15) is 0 Å². The Morgan fingerprint density at radius 1 is 1.29 bits per heavy atom. The molecule has 0 radical (unpaired) electrons. The third-order valence-electron chi connectivity index (χ3n) is 5.56. The van der Waals surface area contributed by atoms with Gasteiger partial charge in [-0.15, -0.1) is 0 Å². The third-order valence-corrected chi connectivity index (χ3v) is 6.05. The van der Waals surface area contributed by atoms with E-state index in [9.17, 15) is 9.59 Å². The number of fused-ring (bicyclic) bond motifs is 1. The number of rotatable bonds is 4. The predicted molar refractivity (Wildman–Crippen MR) is 108 cm³/mol. The summed E-state index contributed by atoms with van der Waals surface area (Å²) in [5.74, 6) is -0.325. The molecule has 1 aromatic rings. The molecular formula is C21H28BrNO5. The molecule has 0 spiro atoms. The first-order valence-corrected chi connectivity index (χ1v) is 10.5. The lowest BCUT2D eigenvalue weighted by molar-refractivity contribution is -0.156. The van der Waals surface area contributed by atoms with Crippen LogP contribution in [0.15, 0.2) is 28.7 Å². The third kappa shape index (κ3) is 4.87. The molecule has 1 saturated heterocycles. The first-order valence-electron chi connectivity index (χ1n) is 9.68. The minimum atomic E-state index is -0.974. The maximum atomic E-state index is 12.5. The molecule has 1 aromatic carbocycles. The number of carboxylic acids is 1. The number of carbonyl (C=O) groups excluding carboxylic acids is 1. The fraction of sp³-hybridized carbons (Fsp3) is 0.619. The number of amides is 1. The van der Waals surface area contributed by atoms with Gasteiger partial charge in [0.25, 0.3) is 0 Å². The summed E-state index contributed by atoms with van der Waals surface area (Å²) < 4.78 is 12.5. The molecule has 1 N–H and O–H groups in total. The van der Waals surface area contributed by atoms with Crippen LogP contribution in [0.25, 0.3) is 0 Å². The van der Waals surface area contributed by atoms with Gasteiger partial charge in [-0.25, -0.2) is 9.59 Å². The predicted octanol–water partition coefficient (Wildman–Crippen LogP) is 4.41. The van der Waals surface area contributed by atoms with Gasteiger partial charge in [0.15, 0.2) is 0 Å². The molecule has 3 unspecified atom stereocenters. The first-order chi connectivity index (χ1) is 13.1. The maximum Gasteiger partial charge on any atom is 0.410 e. The summed E-state index contributed by atoms with van der Waals surface area (Å²) >= 11 is 3.50.